The van der Waals surface area contributed by atoms with Crippen molar-refractivity contribution in [3.05, 3.63) is 64.7 Å². The van der Waals surface area contributed by atoms with E-state index in [0.29, 0.717) is 6.54 Å². The molecule has 0 aliphatic carbocycles. The summed E-state index contributed by atoms with van der Waals surface area (Å²) in [6.45, 7) is 4.67. The molecule has 0 spiro atoms. The van der Waals surface area contributed by atoms with Gasteiger partial charge in [-0.15, -0.1) is 0 Å². The minimum absolute atomic E-state index is 0.0427. The Labute approximate surface area is 134 Å². The highest BCUT2D eigenvalue weighted by atomic mass is 19.1. The van der Waals surface area contributed by atoms with E-state index in [1.807, 2.05) is 26.0 Å². The molecule has 0 aromatic heterocycles. The molecule has 5 heteroatoms. The lowest BCUT2D eigenvalue weighted by Crippen LogP contribution is -2.30. The first kappa shape index (κ1) is 17.1. The average Bonchev–Trinajstić information content (AvgIpc) is 2.46. The number of amides is 1. The molecule has 23 heavy (non-hydrogen) atoms. The Hall–Kier alpha value is -2.27. The van der Waals surface area contributed by atoms with Crippen LogP contribution in [0.2, 0.25) is 0 Å². The number of nitrogens with one attached hydrogen (secondary N) is 1. The molecule has 2 aromatic rings. The summed E-state index contributed by atoms with van der Waals surface area (Å²) in [5.74, 6) is -2.02. The second-order valence-electron chi connectivity index (χ2n) is 5.75. The zero-order chi connectivity index (χ0) is 17.0. The average molecular weight is 318 g/mol. The van der Waals surface area contributed by atoms with Crippen LogP contribution in [0.5, 0.6) is 0 Å². The molecule has 0 aliphatic rings. The van der Waals surface area contributed by atoms with Gasteiger partial charge in [-0.3, -0.25) is 9.69 Å². The zero-order valence-corrected chi connectivity index (χ0v) is 13.5. The van der Waals surface area contributed by atoms with Gasteiger partial charge in [0.25, 0.3) is 0 Å². The maximum absolute atomic E-state index is 13.5. The minimum Gasteiger partial charge on any atom is -0.320 e. The number of nitrogens with zero attached hydrogens (tertiary/aromatic N) is 1. The fourth-order valence-corrected chi connectivity index (χ4v) is 2.41. The molecule has 0 aliphatic heterocycles. The Morgan fingerprint density at radius 2 is 1.78 bits per heavy atom. The van der Waals surface area contributed by atoms with Crippen molar-refractivity contribution >= 4 is 11.6 Å². The highest BCUT2D eigenvalue weighted by Gasteiger charge is 2.14. The molecule has 0 fully saturated rings. The standard InChI is InChI=1S/C18H20F2N2O/c1-12-7-8-14(13(2)9-12)10-22(3)11-17(23)21-18-15(19)5-4-6-16(18)20/h4-9H,10-11H2,1-3H3,(H,21,23). The molecule has 0 unspecified atom stereocenters. The van der Waals surface area contributed by atoms with Gasteiger partial charge in [-0.25, -0.2) is 8.78 Å². The highest BCUT2D eigenvalue weighted by Crippen LogP contribution is 2.18. The SMILES string of the molecule is Cc1ccc(CN(C)CC(=O)Nc2c(F)cccc2F)c(C)c1. The first-order chi connectivity index (χ1) is 10.9. The van der Waals surface area contributed by atoms with Crippen molar-refractivity contribution in [1.82, 2.24) is 4.90 Å². The third kappa shape index (κ3) is 4.60. The molecule has 0 bridgehead atoms. The van der Waals surface area contributed by atoms with Crippen molar-refractivity contribution in [2.45, 2.75) is 20.4 Å². The third-order valence-corrected chi connectivity index (χ3v) is 3.58. The summed E-state index contributed by atoms with van der Waals surface area (Å²) >= 11 is 0. The van der Waals surface area contributed by atoms with E-state index in [4.69, 9.17) is 0 Å². The number of likely N-dealkylation sites (N-methyl/N-ethyl adjacent to an activating group) is 1. The van der Waals surface area contributed by atoms with Crippen LogP contribution >= 0.6 is 0 Å². The quantitative estimate of drug-likeness (QED) is 0.912. The van der Waals surface area contributed by atoms with E-state index >= 15 is 0 Å². The van der Waals surface area contributed by atoms with Gasteiger partial charge >= 0.3 is 0 Å². The predicted molar refractivity (Wildman–Crippen MR) is 87.2 cm³/mol. The molecule has 122 valence electrons. The summed E-state index contributed by atoms with van der Waals surface area (Å²) in [5, 5.41) is 2.29. The van der Waals surface area contributed by atoms with E-state index in [2.05, 4.69) is 11.4 Å². The molecule has 2 rings (SSSR count). The first-order valence-electron chi connectivity index (χ1n) is 7.35. The van der Waals surface area contributed by atoms with Gasteiger partial charge in [-0.2, -0.15) is 0 Å². The van der Waals surface area contributed by atoms with E-state index in [1.54, 1.807) is 11.9 Å². The Kier molecular flexibility index (Phi) is 5.45. The Morgan fingerprint density at radius 1 is 1.13 bits per heavy atom. The van der Waals surface area contributed by atoms with Gasteiger partial charge in [0.05, 0.1) is 6.54 Å². The molecule has 1 amide bonds. The second-order valence-corrected chi connectivity index (χ2v) is 5.75. The molecule has 0 saturated heterocycles. The van der Waals surface area contributed by atoms with E-state index < -0.39 is 23.2 Å². The van der Waals surface area contributed by atoms with Crippen LogP contribution < -0.4 is 5.32 Å². The number of carbonyl (C=O) groups is 1. The van der Waals surface area contributed by atoms with Gasteiger partial charge in [-0.1, -0.05) is 29.8 Å². The molecule has 1 N–H and O–H groups in total. The fraction of sp³-hybridized carbons (Fsp3) is 0.278. The van der Waals surface area contributed by atoms with Gasteiger partial charge in [0.2, 0.25) is 5.91 Å². The van der Waals surface area contributed by atoms with Crippen molar-refractivity contribution < 1.29 is 13.6 Å². The van der Waals surface area contributed by atoms with Gasteiger partial charge in [-0.05, 0) is 44.2 Å². The normalized spacial score (nSPS) is 10.9. The number of halogens is 2. The summed E-state index contributed by atoms with van der Waals surface area (Å²) in [6, 6.07) is 9.60. The van der Waals surface area contributed by atoms with Crippen molar-refractivity contribution in [3.8, 4) is 0 Å². The van der Waals surface area contributed by atoms with E-state index in [9.17, 15) is 13.6 Å². The highest BCUT2D eigenvalue weighted by molar-refractivity contribution is 5.92. The lowest BCUT2D eigenvalue weighted by molar-refractivity contribution is -0.117. The number of para-hydroxylation sites is 1. The predicted octanol–water partition coefficient (Wildman–Crippen LogP) is 3.65. The Balaban J connectivity index is 1.97. The van der Waals surface area contributed by atoms with Crippen molar-refractivity contribution in [2.24, 2.45) is 0 Å². The van der Waals surface area contributed by atoms with E-state index in [0.717, 1.165) is 23.3 Å². The van der Waals surface area contributed by atoms with Gasteiger partial charge < -0.3 is 5.32 Å². The lowest BCUT2D eigenvalue weighted by Gasteiger charge is -2.18. The van der Waals surface area contributed by atoms with Crippen molar-refractivity contribution in [1.29, 1.82) is 0 Å². The van der Waals surface area contributed by atoms with Gasteiger partial charge in [0, 0.05) is 6.54 Å². The Bertz CT molecular complexity index is 696. The summed E-state index contributed by atoms with van der Waals surface area (Å²) < 4.78 is 27.0. The molecule has 2 aromatic carbocycles. The van der Waals surface area contributed by atoms with Crippen LogP contribution in [0.25, 0.3) is 0 Å². The summed E-state index contributed by atoms with van der Waals surface area (Å²) in [4.78, 5) is 13.8. The molecule has 0 atom stereocenters. The number of carbonyl (C=O) groups excluding carboxylic acids is 1. The third-order valence-electron chi connectivity index (χ3n) is 3.58. The number of anilines is 1. The smallest absolute Gasteiger partial charge is 0.238 e. The number of hydrogen-bond donors (Lipinski definition) is 1. The number of rotatable bonds is 5. The molecular weight excluding hydrogens is 298 g/mol. The van der Waals surface area contributed by atoms with Crippen LogP contribution in [0.4, 0.5) is 14.5 Å². The van der Waals surface area contributed by atoms with Gasteiger partial charge in [0.15, 0.2) is 0 Å². The van der Waals surface area contributed by atoms with Crippen molar-refractivity contribution in [2.75, 3.05) is 18.9 Å². The lowest BCUT2D eigenvalue weighted by atomic mass is 10.1. The largest absolute Gasteiger partial charge is 0.320 e. The molecule has 0 saturated carbocycles. The number of aryl methyl sites for hydroxylation is 2. The van der Waals surface area contributed by atoms with Crippen LogP contribution in [-0.2, 0) is 11.3 Å². The van der Waals surface area contributed by atoms with Crippen molar-refractivity contribution in [3.63, 3.8) is 0 Å². The molecule has 0 heterocycles. The maximum Gasteiger partial charge on any atom is 0.238 e. The second kappa shape index (κ2) is 7.33. The maximum atomic E-state index is 13.5. The van der Waals surface area contributed by atoms with Crippen LogP contribution in [0.15, 0.2) is 36.4 Å². The minimum atomic E-state index is -0.782. The van der Waals surface area contributed by atoms with E-state index in [1.165, 1.54) is 11.6 Å². The summed E-state index contributed by atoms with van der Waals surface area (Å²) in [7, 11) is 1.79. The monoisotopic (exact) mass is 318 g/mol. The number of hydrogen-bond acceptors (Lipinski definition) is 2. The fourth-order valence-electron chi connectivity index (χ4n) is 2.41. The Morgan fingerprint density at radius 3 is 2.39 bits per heavy atom. The molecule has 3 nitrogen and oxygen atoms in total. The molecular formula is C18H20F2N2O. The van der Waals surface area contributed by atoms with Crippen LogP contribution in [-0.4, -0.2) is 24.4 Å². The van der Waals surface area contributed by atoms with Crippen LogP contribution in [0.1, 0.15) is 16.7 Å². The molecule has 0 radical (unpaired) electrons. The van der Waals surface area contributed by atoms with Crippen LogP contribution in [0.3, 0.4) is 0 Å². The van der Waals surface area contributed by atoms with Gasteiger partial charge in [0.1, 0.15) is 17.3 Å². The summed E-state index contributed by atoms with van der Waals surface area (Å²) in [5.41, 5.74) is 3.04. The first-order valence-corrected chi connectivity index (χ1v) is 7.35. The summed E-state index contributed by atoms with van der Waals surface area (Å²) in [6.07, 6.45) is 0. The number of benzene rings is 2. The van der Waals surface area contributed by atoms with E-state index in [-0.39, 0.29) is 6.54 Å². The zero-order valence-electron chi connectivity index (χ0n) is 13.5. The van der Waals surface area contributed by atoms with Crippen LogP contribution in [0, 0.1) is 25.5 Å². The topological polar surface area (TPSA) is 32.3 Å².